The maximum absolute atomic E-state index is 12.9. The molecule has 0 aliphatic heterocycles. The van der Waals surface area contributed by atoms with E-state index in [2.05, 4.69) is 10.6 Å². The van der Waals surface area contributed by atoms with Crippen molar-refractivity contribution in [3.05, 3.63) is 102 Å². The number of carbonyl (C=O) groups is 2. The molecule has 2 N–H and O–H groups in total. The quantitative estimate of drug-likeness (QED) is 0.554. The van der Waals surface area contributed by atoms with Crippen molar-refractivity contribution in [3.63, 3.8) is 0 Å². The zero-order valence-electron chi connectivity index (χ0n) is 17.3. The van der Waals surface area contributed by atoms with E-state index in [1.807, 2.05) is 91.9 Å². The molecule has 0 aliphatic carbocycles. The van der Waals surface area contributed by atoms with Crippen LogP contribution in [0.2, 0.25) is 0 Å². The lowest BCUT2D eigenvalue weighted by Gasteiger charge is -2.17. The second kappa shape index (κ2) is 11.0. The Morgan fingerprint density at radius 3 is 2.03 bits per heavy atom. The Kier molecular flexibility index (Phi) is 7.78. The van der Waals surface area contributed by atoms with Crippen molar-refractivity contribution in [2.24, 2.45) is 5.92 Å². The van der Waals surface area contributed by atoms with E-state index < -0.39 is 5.92 Å². The van der Waals surface area contributed by atoms with Crippen molar-refractivity contribution in [1.82, 2.24) is 5.32 Å². The minimum Gasteiger partial charge on any atom is -0.356 e. The van der Waals surface area contributed by atoms with Crippen LogP contribution in [0.25, 0.3) is 0 Å². The van der Waals surface area contributed by atoms with Crippen LogP contribution in [-0.2, 0) is 22.4 Å². The maximum atomic E-state index is 12.9. The summed E-state index contributed by atoms with van der Waals surface area (Å²) in [4.78, 5) is 25.5. The Morgan fingerprint density at radius 1 is 0.800 bits per heavy atom. The molecule has 0 heterocycles. The number of nitrogens with one attached hydrogen (secondary N) is 2. The molecular weight excluding hydrogens is 372 g/mol. The summed E-state index contributed by atoms with van der Waals surface area (Å²) in [6.07, 6.45) is 1.44. The van der Waals surface area contributed by atoms with Crippen LogP contribution in [0.3, 0.4) is 0 Å². The lowest BCUT2D eigenvalue weighted by atomic mass is 9.94. The summed E-state index contributed by atoms with van der Waals surface area (Å²) < 4.78 is 0. The lowest BCUT2D eigenvalue weighted by molar-refractivity contribution is -0.127. The third kappa shape index (κ3) is 6.89. The summed E-state index contributed by atoms with van der Waals surface area (Å²) in [7, 11) is 0. The van der Waals surface area contributed by atoms with E-state index in [0.29, 0.717) is 13.0 Å². The minimum atomic E-state index is -0.439. The third-order valence-electron chi connectivity index (χ3n) is 5.03. The SMILES string of the molecule is Cc1ccc(NC(=O)[C@@H](CC(=O)NCCc2ccccc2)Cc2ccccc2)cc1. The highest BCUT2D eigenvalue weighted by Gasteiger charge is 2.22. The van der Waals surface area contributed by atoms with Crippen LogP contribution < -0.4 is 10.6 Å². The van der Waals surface area contributed by atoms with Gasteiger partial charge >= 0.3 is 0 Å². The number of hydrogen-bond acceptors (Lipinski definition) is 2. The van der Waals surface area contributed by atoms with Gasteiger partial charge in [0, 0.05) is 18.7 Å². The molecule has 30 heavy (non-hydrogen) atoms. The predicted molar refractivity (Wildman–Crippen MR) is 121 cm³/mol. The number of anilines is 1. The van der Waals surface area contributed by atoms with Crippen molar-refractivity contribution in [2.75, 3.05) is 11.9 Å². The summed E-state index contributed by atoms with van der Waals surface area (Å²) >= 11 is 0. The molecule has 3 aromatic carbocycles. The average molecular weight is 401 g/mol. The van der Waals surface area contributed by atoms with Crippen LogP contribution in [0.1, 0.15) is 23.1 Å². The molecular formula is C26H28N2O2. The minimum absolute atomic E-state index is 0.106. The monoisotopic (exact) mass is 400 g/mol. The molecule has 0 spiro atoms. The van der Waals surface area contributed by atoms with Gasteiger partial charge in [-0.3, -0.25) is 9.59 Å². The van der Waals surface area contributed by atoms with Crippen molar-refractivity contribution in [1.29, 1.82) is 0 Å². The number of carbonyl (C=O) groups excluding carboxylic acids is 2. The van der Waals surface area contributed by atoms with E-state index in [1.165, 1.54) is 5.56 Å². The molecule has 0 fully saturated rings. The lowest BCUT2D eigenvalue weighted by Crippen LogP contribution is -2.33. The first-order valence-corrected chi connectivity index (χ1v) is 10.3. The van der Waals surface area contributed by atoms with Gasteiger partial charge in [-0.05, 0) is 43.0 Å². The van der Waals surface area contributed by atoms with Crippen LogP contribution >= 0.6 is 0 Å². The summed E-state index contributed by atoms with van der Waals surface area (Å²) in [5.41, 5.74) is 4.09. The van der Waals surface area contributed by atoms with Gasteiger partial charge in [0.05, 0.1) is 5.92 Å². The molecule has 0 aliphatic rings. The van der Waals surface area contributed by atoms with Crippen molar-refractivity contribution >= 4 is 17.5 Å². The van der Waals surface area contributed by atoms with E-state index in [1.54, 1.807) is 0 Å². The molecule has 0 radical (unpaired) electrons. The van der Waals surface area contributed by atoms with Gasteiger partial charge in [-0.1, -0.05) is 78.4 Å². The highest BCUT2D eigenvalue weighted by atomic mass is 16.2. The zero-order valence-corrected chi connectivity index (χ0v) is 17.3. The van der Waals surface area contributed by atoms with E-state index in [0.717, 1.165) is 23.2 Å². The Bertz CT molecular complexity index is 938. The summed E-state index contributed by atoms with van der Waals surface area (Å²) in [6.45, 7) is 2.56. The molecule has 0 unspecified atom stereocenters. The number of benzene rings is 3. The summed E-state index contributed by atoms with van der Waals surface area (Å²) in [5, 5.41) is 5.91. The van der Waals surface area contributed by atoms with Crippen molar-refractivity contribution < 1.29 is 9.59 Å². The second-order valence-corrected chi connectivity index (χ2v) is 7.53. The van der Waals surface area contributed by atoms with E-state index >= 15 is 0 Å². The average Bonchev–Trinajstić information content (AvgIpc) is 2.76. The molecule has 2 amide bonds. The number of amides is 2. The van der Waals surface area contributed by atoms with Crippen LogP contribution in [0, 0.1) is 12.8 Å². The fourth-order valence-corrected chi connectivity index (χ4v) is 3.32. The van der Waals surface area contributed by atoms with E-state index in [-0.39, 0.29) is 18.2 Å². The molecule has 3 rings (SSSR count). The molecule has 0 saturated carbocycles. The van der Waals surface area contributed by atoms with Gasteiger partial charge in [0.25, 0.3) is 0 Å². The van der Waals surface area contributed by atoms with E-state index in [9.17, 15) is 9.59 Å². The van der Waals surface area contributed by atoms with Crippen LogP contribution in [0.5, 0.6) is 0 Å². The first-order valence-electron chi connectivity index (χ1n) is 10.3. The van der Waals surface area contributed by atoms with Gasteiger partial charge in [-0.25, -0.2) is 0 Å². The highest BCUT2D eigenvalue weighted by molar-refractivity contribution is 5.95. The fraction of sp³-hybridized carbons (Fsp3) is 0.231. The molecule has 0 saturated heterocycles. The van der Waals surface area contributed by atoms with Gasteiger partial charge in [-0.2, -0.15) is 0 Å². The number of aryl methyl sites for hydroxylation is 1. The van der Waals surface area contributed by atoms with Crippen LogP contribution in [0.15, 0.2) is 84.9 Å². The molecule has 0 aromatic heterocycles. The van der Waals surface area contributed by atoms with E-state index in [4.69, 9.17) is 0 Å². The molecule has 4 heteroatoms. The third-order valence-corrected chi connectivity index (χ3v) is 5.03. The second-order valence-electron chi connectivity index (χ2n) is 7.53. The molecule has 4 nitrogen and oxygen atoms in total. The van der Waals surface area contributed by atoms with Crippen LogP contribution in [-0.4, -0.2) is 18.4 Å². The Hall–Kier alpha value is -3.40. The van der Waals surface area contributed by atoms with Gasteiger partial charge < -0.3 is 10.6 Å². The normalized spacial score (nSPS) is 11.5. The summed E-state index contributed by atoms with van der Waals surface area (Å²) in [6, 6.07) is 27.5. The zero-order chi connectivity index (χ0) is 21.2. The number of rotatable bonds is 9. The Morgan fingerprint density at radius 2 is 1.40 bits per heavy atom. The fourth-order valence-electron chi connectivity index (χ4n) is 3.32. The highest BCUT2D eigenvalue weighted by Crippen LogP contribution is 2.17. The van der Waals surface area contributed by atoms with Gasteiger partial charge in [0.1, 0.15) is 0 Å². The predicted octanol–water partition coefficient (Wildman–Crippen LogP) is 4.54. The van der Waals surface area contributed by atoms with Crippen molar-refractivity contribution in [3.8, 4) is 0 Å². The smallest absolute Gasteiger partial charge is 0.228 e. The van der Waals surface area contributed by atoms with Crippen molar-refractivity contribution in [2.45, 2.75) is 26.2 Å². The molecule has 3 aromatic rings. The standard InChI is InChI=1S/C26H28N2O2/c1-20-12-14-24(15-13-20)28-26(30)23(18-22-10-6-3-7-11-22)19-25(29)27-17-16-21-8-4-2-5-9-21/h2-15,23H,16-19H2,1H3,(H,27,29)(H,28,30)/t23-/m1/s1. The van der Waals surface area contributed by atoms with Gasteiger partial charge in [0.2, 0.25) is 11.8 Å². The first-order chi connectivity index (χ1) is 14.6. The van der Waals surface area contributed by atoms with Gasteiger partial charge in [0.15, 0.2) is 0 Å². The summed E-state index contributed by atoms with van der Waals surface area (Å²) in [5.74, 6) is -0.683. The molecule has 1 atom stereocenters. The largest absolute Gasteiger partial charge is 0.356 e. The molecule has 0 bridgehead atoms. The van der Waals surface area contributed by atoms with Gasteiger partial charge in [-0.15, -0.1) is 0 Å². The number of hydrogen-bond donors (Lipinski definition) is 2. The Balaban J connectivity index is 1.60. The first kappa shape index (κ1) is 21.3. The van der Waals surface area contributed by atoms with Crippen LogP contribution in [0.4, 0.5) is 5.69 Å². The topological polar surface area (TPSA) is 58.2 Å². The Labute approximate surface area is 178 Å². The molecule has 154 valence electrons. The maximum Gasteiger partial charge on any atom is 0.228 e.